The van der Waals surface area contributed by atoms with Gasteiger partial charge in [-0.1, -0.05) is 30.3 Å². The summed E-state index contributed by atoms with van der Waals surface area (Å²) in [6.07, 6.45) is 3.62. The lowest BCUT2D eigenvalue weighted by Gasteiger charge is -2.29. The molecule has 0 radical (unpaired) electrons. The molecule has 1 aromatic heterocycles. The number of nitrogens with zero attached hydrogens (tertiary/aromatic N) is 1. The Morgan fingerprint density at radius 2 is 1.53 bits per heavy atom. The van der Waals surface area contributed by atoms with Crippen LogP contribution in [0.15, 0.2) is 54.6 Å². The molecule has 1 heterocycles. The molecule has 8 nitrogen and oxygen atoms in total. The summed E-state index contributed by atoms with van der Waals surface area (Å²) in [4.78, 5) is 41.4. The van der Waals surface area contributed by atoms with Crippen LogP contribution in [-0.4, -0.2) is 41.6 Å². The highest BCUT2D eigenvalue weighted by Crippen LogP contribution is 2.29. The van der Waals surface area contributed by atoms with Crippen LogP contribution >= 0.6 is 0 Å². The number of para-hydroxylation sites is 1. The predicted octanol–water partition coefficient (Wildman–Crippen LogP) is 5.06. The normalized spacial score (nSPS) is 17.6. The number of amides is 3. The van der Waals surface area contributed by atoms with Gasteiger partial charge >= 0.3 is 6.09 Å². The van der Waals surface area contributed by atoms with Crippen molar-refractivity contribution in [3.05, 3.63) is 65.7 Å². The van der Waals surface area contributed by atoms with Gasteiger partial charge in [0.2, 0.25) is 5.91 Å². The van der Waals surface area contributed by atoms with Crippen LogP contribution in [0.4, 0.5) is 4.79 Å². The number of benzene rings is 2. The zero-order valence-electron chi connectivity index (χ0n) is 22.3. The number of pyridine rings is 1. The van der Waals surface area contributed by atoms with Gasteiger partial charge in [0.1, 0.15) is 5.60 Å². The lowest BCUT2D eigenvalue weighted by atomic mass is 9.82. The second-order valence-corrected chi connectivity index (χ2v) is 11.0. The molecule has 4 rings (SSSR count). The van der Waals surface area contributed by atoms with Crippen molar-refractivity contribution in [1.82, 2.24) is 15.6 Å². The van der Waals surface area contributed by atoms with Crippen molar-refractivity contribution < 1.29 is 19.1 Å². The number of primary amides is 1. The third kappa shape index (κ3) is 7.09. The zero-order chi connectivity index (χ0) is 27.3. The van der Waals surface area contributed by atoms with Crippen molar-refractivity contribution in [2.75, 3.05) is 13.1 Å². The van der Waals surface area contributed by atoms with E-state index in [1.165, 1.54) is 0 Å². The van der Waals surface area contributed by atoms with Gasteiger partial charge in [-0.15, -0.1) is 0 Å². The Balaban J connectivity index is 1.37. The van der Waals surface area contributed by atoms with E-state index in [1.54, 1.807) is 30.3 Å². The van der Waals surface area contributed by atoms with Crippen LogP contribution < -0.4 is 16.4 Å². The molecule has 38 heavy (non-hydrogen) atoms. The second-order valence-electron chi connectivity index (χ2n) is 11.0. The van der Waals surface area contributed by atoms with Crippen LogP contribution in [0, 0.1) is 11.8 Å². The molecule has 1 saturated carbocycles. The fourth-order valence-corrected chi connectivity index (χ4v) is 4.83. The number of nitrogens with two attached hydrogens (primary N) is 1. The van der Waals surface area contributed by atoms with Gasteiger partial charge in [-0.05, 0) is 82.6 Å². The number of rotatable bonds is 7. The molecule has 1 fully saturated rings. The number of hydrogen-bond donors (Lipinski definition) is 3. The van der Waals surface area contributed by atoms with Crippen molar-refractivity contribution in [3.63, 3.8) is 0 Å². The van der Waals surface area contributed by atoms with E-state index in [0.29, 0.717) is 41.7 Å². The zero-order valence-corrected chi connectivity index (χ0v) is 22.3. The summed E-state index contributed by atoms with van der Waals surface area (Å²) in [5.41, 5.74) is 8.03. The molecule has 0 unspecified atom stereocenters. The van der Waals surface area contributed by atoms with Crippen molar-refractivity contribution in [3.8, 4) is 11.3 Å². The maximum atomic E-state index is 13.3. The number of alkyl carbamates (subject to hydrolysis) is 1. The largest absolute Gasteiger partial charge is 0.444 e. The molecule has 0 saturated heterocycles. The molecule has 2 aromatic carbocycles. The summed E-state index contributed by atoms with van der Waals surface area (Å²) in [6.45, 7) is 6.77. The smallest absolute Gasteiger partial charge is 0.407 e. The quantitative estimate of drug-likeness (QED) is 0.405. The average molecular weight is 517 g/mol. The molecule has 0 spiro atoms. The monoisotopic (exact) mass is 516 g/mol. The van der Waals surface area contributed by atoms with E-state index in [4.69, 9.17) is 15.5 Å². The van der Waals surface area contributed by atoms with Crippen LogP contribution in [0.25, 0.3) is 22.2 Å². The van der Waals surface area contributed by atoms with Crippen molar-refractivity contribution >= 4 is 28.8 Å². The Morgan fingerprint density at radius 3 is 2.13 bits per heavy atom. The van der Waals surface area contributed by atoms with E-state index < -0.39 is 11.5 Å². The lowest BCUT2D eigenvalue weighted by molar-refractivity contribution is 0.0512. The molecule has 3 amide bonds. The summed E-state index contributed by atoms with van der Waals surface area (Å²) < 4.78 is 5.32. The van der Waals surface area contributed by atoms with Crippen molar-refractivity contribution in [2.45, 2.75) is 52.1 Å². The van der Waals surface area contributed by atoms with Gasteiger partial charge in [0.15, 0.2) is 0 Å². The maximum absolute atomic E-state index is 13.3. The van der Waals surface area contributed by atoms with Gasteiger partial charge in [0, 0.05) is 29.6 Å². The SMILES string of the molecule is CC(C)(C)OC(=O)NCC1CCC(CNC(=O)c2cc(-c3ccc(C(N)=O)cc3)nc3ccccc23)CC1. The number of carbonyl (C=O) groups is 3. The summed E-state index contributed by atoms with van der Waals surface area (Å²) >= 11 is 0. The first-order chi connectivity index (χ1) is 18.1. The molecule has 1 aliphatic carbocycles. The van der Waals surface area contributed by atoms with Crippen LogP contribution in [0.1, 0.15) is 67.2 Å². The lowest BCUT2D eigenvalue weighted by Crippen LogP contribution is -2.37. The van der Waals surface area contributed by atoms with Gasteiger partial charge < -0.3 is 21.1 Å². The number of carbonyl (C=O) groups excluding carboxylic acids is 3. The number of hydrogen-bond acceptors (Lipinski definition) is 5. The highest BCUT2D eigenvalue weighted by Gasteiger charge is 2.24. The minimum Gasteiger partial charge on any atom is -0.444 e. The molecule has 3 aromatic rings. The summed E-state index contributed by atoms with van der Waals surface area (Å²) in [5.74, 6) is 0.191. The fourth-order valence-electron chi connectivity index (χ4n) is 4.83. The molecule has 1 aliphatic rings. The molecule has 0 atom stereocenters. The first kappa shape index (κ1) is 27.1. The molecule has 8 heteroatoms. The number of ether oxygens (including phenoxy) is 1. The van der Waals surface area contributed by atoms with Gasteiger partial charge in [-0.2, -0.15) is 0 Å². The Hall–Kier alpha value is -3.94. The minimum atomic E-state index is -0.504. The topological polar surface area (TPSA) is 123 Å². The number of nitrogens with one attached hydrogen (secondary N) is 2. The minimum absolute atomic E-state index is 0.132. The first-order valence-electron chi connectivity index (χ1n) is 13.1. The molecule has 0 bridgehead atoms. The third-order valence-electron chi connectivity index (χ3n) is 6.88. The van der Waals surface area contributed by atoms with E-state index in [2.05, 4.69) is 10.6 Å². The molecule has 200 valence electrons. The van der Waals surface area contributed by atoms with Gasteiger partial charge in [0.25, 0.3) is 5.91 Å². The third-order valence-corrected chi connectivity index (χ3v) is 6.88. The highest BCUT2D eigenvalue weighted by molar-refractivity contribution is 6.07. The molecule has 4 N–H and O–H groups in total. The van der Waals surface area contributed by atoms with Gasteiger partial charge in [-0.3, -0.25) is 9.59 Å². The Kier molecular flexibility index (Phi) is 8.29. The molecular formula is C30H36N4O4. The van der Waals surface area contributed by atoms with Crippen molar-refractivity contribution in [1.29, 1.82) is 0 Å². The Morgan fingerprint density at radius 1 is 0.921 bits per heavy atom. The van der Waals surface area contributed by atoms with E-state index in [1.807, 2.05) is 45.0 Å². The molecular weight excluding hydrogens is 480 g/mol. The number of fused-ring (bicyclic) bond motifs is 1. The number of aromatic nitrogens is 1. The van der Waals surface area contributed by atoms with Crippen LogP contribution in [0.3, 0.4) is 0 Å². The Bertz CT molecular complexity index is 1310. The van der Waals surface area contributed by atoms with E-state index in [-0.39, 0.29) is 12.0 Å². The van der Waals surface area contributed by atoms with Crippen LogP contribution in [0.5, 0.6) is 0 Å². The fraction of sp³-hybridized carbons (Fsp3) is 0.400. The summed E-state index contributed by atoms with van der Waals surface area (Å²) in [5, 5.41) is 6.81. The summed E-state index contributed by atoms with van der Waals surface area (Å²) in [7, 11) is 0. The van der Waals surface area contributed by atoms with Gasteiger partial charge in [-0.25, -0.2) is 9.78 Å². The van der Waals surface area contributed by atoms with Gasteiger partial charge in [0.05, 0.1) is 16.8 Å². The van der Waals surface area contributed by atoms with Crippen LogP contribution in [-0.2, 0) is 4.74 Å². The Labute approximate surface area is 223 Å². The average Bonchev–Trinajstić information content (AvgIpc) is 2.89. The summed E-state index contributed by atoms with van der Waals surface area (Å²) in [6, 6.07) is 16.3. The van der Waals surface area contributed by atoms with Crippen molar-refractivity contribution in [2.24, 2.45) is 17.6 Å². The van der Waals surface area contributed by atoms with E-state index >= 15 is 0 Å². The molecule has 0 aliphatic heterocycles. The predicted molar refractivity (Wildman–Crippen MR) is 148 cm³/mol. The first-order valence-corrected chi connectivity index (χ1v) is 13.1. The van der Waals surface area contributed by atoms with E-state index in [9.17, 15) is 14.4 Å². The maximum Gasteiger partial charge on any atom is 0.407 e. The van der Waals surface area contributed by atoms with Crippen LogP contribution in [0.2, 0.25) is 0 Å². The standard InChI is InChI=1S/C30H36N4O4/c1-30(2,3)38-29(37)33-18-20-10-8-19(9-11-20)17-32-28(36)24-16-26(34-25-7-5-4-6-23(24)25)21-12-14-22(15-13-21)27(31)35/h4-7,12-16,19-20H,8-11,17-18H2,1-3H3,(H2,31,35)(H,32,36)(H,33,37). The van der Waals surface area contributed by atoms with E-state index in [0.717, 1.165) is 42.1 Å². The second kappa shape index (κ2) is 11.6. The highest BCUT2D eigenvalue weighted by atomic mass is 16.6.